The van der Waals surface area contributed by atoms with E-state index in [1.165, 1.54) is 36.5 Å². The molecular weight excluding hydrogens is 249 g/mol. The van der Waals surface area contributed by atoms with Crippen molar-refractivity contribution in [2.45, 2.75) is 0 Å². The number of carbonyl (C=O) groups is 1. The molecule has 0 saturated carbocycles. The fourth-order valence-corrected chi connectivity index (χ4v) is 1.84. The van der Waals surface area contributed by atoms with Crippen molar-refractivity contribution in [3.8, 4) is 11.5 Å². The summed E-state index contributed by atoms with van der Waals surface area (Å²) in [6.07, 6.45) is 1.40. The van der Waals surface area contributed by atoms with E-state index in [4.69, 9.17) is 9.52 Å². The highest BCUT2D eigenvalue weighted by Crippen LogP contribution is 2.27. The van der Waals surface area contributed by atoms with E-state index in [0.717, 1.165) is 0 Å². The van der Waals surface area contributed by atoms with Crippen molar-refractivity contribution in [1.29, 1.82) is 0 Å². The highest BCUT2D eigenvalue weighted by molar-refractivity contribution is 5.89. The molecule has 0 radical (unpaired) electrons. The Hall–Kier alpha value is -2.69. The van der Waals surface area contributed by atoms with E-state index < -0.39 is 5.97 Å². The third-order valence-corrected chi connectivity index (χ3v) is 2.74. The van der Waals surface area contributed by atoms with Crippen molar-refractivity contribution in [3.63, 3.8) is 0 Å². The minimum atomic E-state index is -1.04. The van der Waals surface area contributed by atoms with Gasteiger partial charge in [-0.25, -0.2) is 9.18 Å². The molecule has 0 spiro atoms. The van der Waals surface area contributed by atoms with Crippen LogP contribution in [0, 0.1) is 5.82 Å². The SMILES string of the molecule is O=C(O)c1ccnc(-c2cc3cc(F)ccc3o2)c1. The van der Waals surface area contributed by atoms with Crippen LogP contribution in [0.5, 0.6) is 0 Å². The van der Waals surface area contributed by atoms with Gasteiger partial charge in [-0.15, -0.1) is 0 Å². The van der Waals surface area contributed by atoms with Crippen LogP contribution in [-0.4, -0.2) is 16.1 Å². The molecule has 0 bridgehead atoms. The Morgan fingerprint density at radius 1 is 1.21 bits per heavy atom. The van der Waals surface area contributed by atoms with Crippen LogP contribution in [-0.2, 0) is 0 Å². The second-order valence-corrected chi connectivity index (χ2v) is 4.03. The number of fused-ring (bicyclic) bond motifs is 1. The molecule has 0 aliphatic rings. The Morgan fingerprint density at radius 2 is 2.05 bits per heavy atom. The Labute approximate surface area is 107 Å². The molecule has 0 unspecified atom stereocenters. The summed E-state index contributed by atoms with van der Waals surface area (Å²) in [6, 6.07) is 8.62. The number of pyridine rings is 1. The predicted molar refractivity (Wildman–Crippen MR) is 66.4 cm³/mol. The summed E-state index contributed by atoms with van der Waals surface area (Å²) in [7, 11) is 0. The molecule has 1 N–H and O–H groups in total. The van der Waals surface area contributed by atoms with Crippen LogP contribution in [0.2, 0.25) is 0 Å². The molecule has 2 heterocycles. The molecular formula is C14H8FNO3. The average molecular weight is 257 g/mol. The van der Waals surface area contributed by atoms with Gasteiger partial charge in [0.15, 0.2) is 5.76 Å². The van der Waals surface area contributed by atoms with Crippen LogP contribution in [0.15, 0.2) is 47.0 Å². The van der Waals surface area contributed by atoms with Crippen molar-refractivity contribution in [3.05, 3.63) is 54.0 Å². The van der Waals surface area contributed by atoms with Gasteiger partial charge in [-0.1, -0.05) is 0 Å². The zero-order valence-electron chi connectivity index (χ0n) is 9.63. The fraction of sp³-hybridized carbons (Fsp3) is 0. The molecule has 3 aromatic rings. The maximum Gasteiger partial charge on any atom is 0.335 e. The number of carboxylic acid groups (broad SMARTS) is 1. The first kappa shape index (κ1) is 11.4. The van der Waals surface area contributed by atoms with Gasteiger partial charge in [-0.2, -0.15) is 0 Å². The molecule has 2 aromatic heterocycles. The summed E-state index contributed by atoms with van der Waals surface area (Å²) in [6.45, 7) is 0. The maximum atomic E-state index is 13.1. The number of benzene rings is 1. The first-order valence-electron chi connectivity index (χ1n) is 5.52. The lowest BCUT2D eigenvalue weighted by atomic mass is 10.2. The van der Waals surface area contributed by atoms with E-state index in [9.17, 15) is 9.18 Å². The predicted octanol–water partition coefficient (Wildman–Crippen LogP) is 3.33. The van der Waals surface area contributed by atoms with Gasteiger partial charge in [-0.3, -0.25) is 4.98 Å². The first-order valence-corrected chi connectivity index (χ1v) is 5.52. The van der Waals surface area contributed by atoms with E-state index in [1.54, 1.807) is 6.07 Å². The summed E-state index contributed by atoms with van der Waals surface area (Å²) in [4.78, 5) is 15.0. The highest BCUT2D eigenvalue weighted by atomic mass is 19.1. The van der Waals surface area contributed by atoms with Crippen LogP contribution in [0.4, 0.5) is 4.39 Å². The topological polar surface area (TPSA) is 63.3 Å². The summed E-state index contributed by atoms with van der Waals surface area (Å²) in [5, 5.41) is 9.53. The van der Waals surface area contributed by atoms with E-state index in [2.05, 4.69) is 4.98 Å². The van der Waals surface area contributed by atoms with E-state index in [1.807, 2.05) is 0 Å². The molecule has 0 atom stereocenters. The number of rotatable bonds is 2. The second kappa shape index (κ2) is 4.20. The number of aromatic nitrogens is 1. The van der Waals surface area contributed by atoms with Crippen LogP contribution in [0.25, 0.3) is 22.4 Å². The third-order valence-electron chi connectivity index (χ3n) is 2.74. The third kappa shape index (κ3) is 2.06. The minimum Gasteiger partial charge on any atom is -0.478 e. The standard InChI is InChI=1S/C14H8FNO3/c15-10-1-2-12-9(5-10)7-13(19-12)11-6-8(14(17)18)3-4-16-11/h1-7H,(H,17,18). The second-order valence-electron chi connectivity index (χ2n) is 4.03. The Morgan fingerprint density at radius 3 is 2.84 bits per heavy atom. The summed E-state index contributed by atoms with van der Waals surface area (Å²) in [5.74, 6) is -0.985. The monoisotopic (exact) mass is 257 g/mol. The summed E-state index contributed by atoms with van der Waals surface area (Å²) in [5.41, 5.74) is 1.05. The molecule has 0 aliphatic heterocycles. The number of furan rings is 1. The number of nitrogens with zero attached hydrogens (tertiary/aromatic N) is 1. The van der Waals surface area contributed by atoms with Gasteiger partial charge < -0.3 is 9.52 Å². The van der Waals surface area contributed by atoms with Crippen molar-refractivity contribution in [2.75, 3.05) is 0 Å². The van der Waals surface area contributed by atoms with Crippen LogP contribution >= 0.6 is 0 Å². The van der Waals surface area contributed by atoms with Crippen molar-refractivity contribution in [2.24, 2.45) is 0 Å². The van der Waals surface area contributed by atoms with Crippen LogP contribution in [0.3, 0.4) is 0 Å². The first-order chi connectivity index (χ1) is 9.13. The largest absolute Gasteiger partial charge is 0.478 e. The van der Waals surface area contributed by atoms with E-state index in [-0.39, 0.29) is 11.4 Å². The molecule has 94 valence electrons. The lowest BCUT2D eigenvalue weighted by Gasteiger charge is -1.97. The highest BCUT2D eigenvalue weighted by Gasteiger charge is 2.10. The van der Waals surface area contributed by atoms with Gasteiger partial charge in [0.2, 0.25) is 0 Å². The zero-order chi connectivity index (χ0) is 13.4. The molecule has 4 nitrogen and oxygen atoms in total. The van der Waals surface area contributed by atoms with Gasteiger partial charge in [0.1, 0.15) is 17.1 Å². The quantitative estimate of drug-likeness (QED) is 0.764. The number of aromatic carboxylic acids is 1. The molecule has 19 heavy (non-hydrogen) atoms. The number of hydrogen-bond acceptors (Lipinski definition) is 3. The molecule has 0 saturated heterocycles. The molecule has 1 aromatic carbocycles. The zero-order valence-corrected chi connectivity index (χ0v) is 9.63. The lowest BCUT2D eigenvalue weighted by molar-refractivity contribution is 0.0697. The van der Waals surface area contributed by atoms with Gasteiger partial charge in [-0.05, 0) is 36.4 Å². The van der Waals surface area contributed by atoms with E-state index >= 15 is 0 Å². The Balaban J connectivity index is 2.13. The van der Waals surface area contributed by atoms with Gasteiger partial charge >= 0.3 is 5.97 Å². The van der Waals surface area contributed by atoms with Crippen LogP contribution < -0.4 is 0 Å². The number of halogens is 1. The minimum absolute atomic E-state index is 0.122. The number of hydrogen-bond donors (Lipinski definition) is 1. The molecule has 0 aliphatic carbocycles. The van der Waals surface area contributed by atoms with Crippen LogP contribution in [0.1, 0.15) is 10.4 Å². The van der Waals surface area contributed by atoms with Gasteiger partial charge in [0.25, 0.3) is 0 Å². The normalized spacial score (nSPS) is 10.8. The fourth-order valence-electron chi connectivity index (χ4n) is 1.84. The van der Waals surface area contributed by atoms with E-state index in [0.29, 0.717) is 22.4 Å². The van der Waals surface area contributed by atoms with Crippen molar-refractivity contribution < 1.29 is 18.7 Å². The number of carboxylic acids is 1. The summed E-state index contributed by atoms with van der Waals surface area (Å²) < 4.78 is 18.6. The lowest BCUT2D eigenvalue weighted by Crippen LogP contribution is -1.96. The Kier molecular flexibility index (Phi) is 2.52. The van der Waals surface area contributed by atoms with Crippen molar-refractivity contribution >= 4 is 16.9 Å². The maximum absolute atomic E-state index is 13.1. The molecule has 3 rings (SSSR count). The Bertz CT molecular complexity index is 779. The average Bonchev–Trinajstić information content (AvgIpc) is 2.81. The molecule has 0 fully saturated rings. The van der Waals surface area contributed by atoms with Gasteiger partial charge in [0, 0.05) is 11.6 Å². The molecule has 5 heteroatoms. The summed E-state index contributed by atoms with van der Waals surface area (Å²) >= 11 is 0. The smallest absolute Gasteiger partial charge is 0.335 e. The van der Waals surface area contributed by atoms with Crippen molar-refractivity contribution in [1.82, 2.24) is 4.98 Å². The molecule has 0 amide bonds. The van der Waals surface area contributed by atoms with Gasteiger partial charge in [0.05, 0.1) is 5.56 Å².